The zero-order valence-electron chi connectivity index (χ0n) is 10.3. The van der Waals surface area contributed by atoms with Crippen molar-refractivity contribution in [3.8, 4) is 0 Å². The Balaban J connectivity index is 2.45. The molecule has 0 heterocycles. The lowest BCUT2D eigenvalue weighted by Crippen LogP contribution is -2.29. The third-order valence-electron chi connectivity index (χ3n) is 3.04. The van der Waals surface area contributed by atoms with E-state index < -0.39 is 17.3 Å². The molecule has 0 bridgehead atoms. The molecule has 0 saturated heterocycles. The van der Waals surface area contributed by atoms with Crippen LogP contribution in [0.1, 0.15) is 16.7 Å². The van der Waals surface area contributed by atoms with E-state index in [2.05, 4.69) is 0 Å². The van der Waals surface area contributed by atoms with Gasteiger partial charge in [-0.15, -0.1) is 0 Å². The molecule has 2 rings (SSSR count). The molecule has 2 aromatic carbocycles. The second-order valence-electron chi connectivity index (χ2n) is 4.33. The van der Waals surface area contributed by atoms with Crippen LogP contribution in [-0.2, 0) is 16.6 Å². The van der Waals surface area contributed by atoms with E-state index in [4.69, 9.17) is 0 Å². The van der Waals surface area contributed by atoms with Gasteiger partial charge in [0.05, 0.1) is 5.56 Å². The Labute approximate surface area is 113 Å². The molecule has 0 amide bonds. The van der Waals surface area contributed by atoms with Crippen LogP contribution in [0.15, 0.2) is 54.6 Å². The molecule has 0 spiro atoms. The Bertz CT molecular complexity index is 591. The van der Waals surface area contributed by atoms with Crippen LogP contribution in [0.5, 0.6) is 0 Å². The molecule has 0 aromatic heterocycles. The summed E-state index contributed by atoms with van der Waals surface area (Å²) in [4.78, 5) is 11.2. The highest BCUT2D eigenvalue weighted by Gasteiger charge is 2.34. The molecule has 5 heteroatoms. The Morgan fingerprint density at radius 1 is 0.800 bits per heavy atom. The van der Waals surface area contributed by atoms with Gasteiger partial charge in [-0.3, -0.25) is 4.79 Å². The summed E-state index contributed by atoms with van der Waals surface area (Å²) in [5.74, 6) is 0. The fraction of sp³-hybridized carbons (Fsp3) is 0.133. The molecule has 0 aliphatic rings. The van der Waals surface area contributed by atoms with Gasteiger partial charge in [-0.25, -0.2) is 0 Å². The van der Waals surface area contributed by atoms with Crippen molar-refractivity contribution in [2.75, 3.05) is 0 Å². The third-order valence-corrected chi connectivity index (χ3v) is 3.04. The van der Waals surface area contributed by atoms with Gasteiger partial charge in [0, 0.05) is 0 Å². The lowest BCUT2D eigenvalue weighted by molar-refractivity contribution is -0.137. The number of hydrogen-bond donors (Lipinski definition) is 1. The van der Waals surface area contributed by atoms with Crippen molar-refractivity contribution in [2.45, 2.75) is 11.8 Å². The quantitative estimate of drug-likeness (QED) is 0.877. The molecular weight excluding hydrogens is 269 g/mol. The van der Waals surface area contributed by atoms with E-state index >= 15 is 0 Å². The van der Waals surface area contributed by atoms with Crippen LogP contribution in [0.3, 0.4) is 0 Å². The van der Waals surface area contributed by atoms with E-state index in [1.165, 1.54) is 12.1 Å². The molecule has 0 saturated carbocycles. The van der Waals surface area contributed by atoms with Gasteiger partial charge in [0.2, 0.25) is 0 Å². The predicted octanol–water partition coefficient (Wildman–Crippen LogP) is 3.14. The van der Waals surface area contributed by atoms with Crippen molar-refractivity contribution in [2.24, 2.45) is 0 Å². The summed E-state index contributed by atoms with van der Waals surface area (Å²) in [5, 5.41) is 10.4. The Kier molecular flexibility index (Phi) is 3.63. The van der Waals surface area contributed by atoms with Crippen molar-refractivity contribution < 1.29 is 23.1 Å². The van der Waals surface area contributed by atoms with Crippen molar-refractivity contribution in [1.82, 2.24) is 0 Å². The number of alkyl halides is 3. The van der Waals surface area contributed by atoms with Gasteiger partial charge in [-0.05, 0) is 23.3 Å². The minimum absolute atomic E-state index is 0.0895. The number of hydrogen-bond acceptors (Lipinski definition) is 2. The molecule has 104 valence electrons. The molecule has 2 aromatic rings. The van der Waals surface area contributed by atoms with Crippen molar-refractivity contribution >= 4 is 6.29 Å². The first-order valence-corrected chi connectivity index (χ1v) is 5.80. The highest BCUT2D eigenvalue weighted by molar-refractivity contribution is 5.72. The maximum Gasteiger partial charge on any atom is 0.416 e. The summed E-state index contributed by atoms with van der Waals surface area (Å²) in [6, 6.07) is 11.9. The molecule has 0 aliphatic heterocycles. The van der Waals surface area contributed by atoms with Gasteiger partial charge < -0.3 is 5.11 Å². The maximum atomic E-state index is 12.5. The number of carbonyl (C=O) groups excluding carboxylic acids is 1. The smallest absolute Gasteiger partial charge is 0.373 e. The number of rotatable bonds is 3. The third kappa shape index (κ3) is 2.58. The first-order chi connectivity index (χ1) is 9.38. The summed E-state index contributed by atoms with van der Waals surface area (Å²) in [6.07, 6.45) is -4.14. The number of carbonyl (C=O) groups is 1. The first kappa shape index (κ1) is 14.3. The van der Waals surface area contributed by atoms with Gasteiger partial charge in [0.25, 0.3) is 0 Å². The van der Waals surface area contributed by atoms with Gasteiger partial charge in [-0.2, -0.15) is 13.2 Å². The van der Waals surface area contributed by atoms with Crippen LogP contribution in [0, 0.1) is 0 Å². The Morgan fingerprint density at radius 3 is 1.70 bits per heavy atom. The van der Waals surface area contributed by atoms with Gasteiger partial charge in [0.15, 0.2) is 11.9 Å². The summed E-state index contributed by atoms with van der Waals surface area (Å²) < 4.78 is 37.5. The molecule has 20 heavy (non-hydrogen) atoms. The van der Waals surface area contributed by atoms with Gasteiger partial charge >= 0.3 is 6.18 Å². The van der Waals surface area contributed by atoms with Crippen LogP contribution in [-0.4, -0.2) is 11.4 Å². The van der Waals surface area contributed by atoms with Crippen LogP contribution < -0.4 is 0 Å². The fourth-order valence-electron chi connectivity index (χ4n) is 1.91. The zero-order valence-corrected chi connectivity index (χ0v) is 10.3. The predicted molar refractivity (Wildman–Crippen MR) is 66.9 cm³/mol. The van der Waals surface area contributed by atoms with E-state index in [9.17, 15) is 23.1 Å². The largest absolute Gasteiger partial charge is 0.416 e. The second kappa shape index (κ2) is 5.09. The molecule has 0 aliphatic carbocycles. The minimum atomic E-state index is -4.45. The molecular formula is C15H11F3O2. The van der Waals surface area contributed by atoms with Crippen LogP contribution in [0.4, 0.5) is 13.2 Å². The molecule has 0 fully saturated rings. The zero-order chi connectivity index (χ0) is 14.8. The van der Waals surface area contributed by atoms with E-state index in [-0.39, 0.29) is 5.56 Å². The highest BCUT2D eigenvalue weighted by Crippen LogP contribution is 2.32. The SMILES string of the molecule is O=CC(O)(c1ccccc1)c1ccc(C(F)(F)F)cc1. The van der Waals surface area contributed by atoms with Crippen molar-refractivity contribution in [1.29, 1.82) is 0 Å². The maximum absolute atomic E-state index is 12.5. The van der Waals surface area contributed by atoms with Crippen molar-refractivity contribution in [3.63, 3.8) is 0 Å². The normalized spacial score (nSPS) is 14.6. The summed E-state index contributed by atoms with van der Waals surface area (Å²) in [6.45, 7) is 0. The van der Waals surface area contributed by atoms with Crippen LogP contribution in [0.2, 0.25) is 0 Å². The van der Waals surface area contributed by atoms with Crippen molar-refractivity contribution in [3.05, 3.63) is 71.3 Å². The average molecular weight is 280 g/mol. The molecule has 0 radical (unpaired) electrons. The minimum Gasteiger partial charge on any atom is -0.373 e. The number of halogens is 3. The number of benzene rings is 2. The summed E-state index contributed by atoms with van der Waals surface area (Å²) in [7, 11) is 0. The number of aliphatic hydroxyl groups is 1. The molecule has 1 unspecified atom stereocenters. The van der Waals surface area contributed by atoms with Gasteiger partial charge in [-0.1, -0.05) is 42.5 Å². The van der Waals surface area contributed by atoms with Crippen LogP contribution >= 0.6 is 0 Å². The van der Waals surface area contributed by atoms with Gasteiger partial charge in [0.1, 0.15) is 0 Å². The monoisotopic (exact) mass is 280 g/mol. The molecule has 2 nitrogen and oxygen atoms in total. The lowest BCUT2D eigenvalue weighted by Gasteiger charge is -2.23. The molecule has 1 N–H and O–H groups in total. The van der Waals surface area contributed by atoms with E-state index in [1.54, 1.807) is 18.2 Å². The summed E-state index contributed by atoms with van der Waals surface area (Å²) in [5.41, 5.74) is -2.39. The Morgan fingerprint density at radius 2 is 1.25 bits per heavy atom. The topological polar surface area (TPSA) is 37.3 Å². The fourth-order valence-corrected chi connectivity index (χ4v) is 1.91. The standard InChI is InChI=1S/C15H11F3O2/c16-15(17,18)13-8-6-12(7-9-13)14(20,10-19)11-4-2-1-3-5-11/h1-10,20H. The summed E-state index contributed by atoms with van der Waals surface area (Å²) >= 11 is 0. The molecule has 1 atom stereocenters. The second-order valence-corrected chi connectivity index (χ2v) is 4.33. The highest BCUT2D eigenvalue weighted by atomic mass is 19.4. The van der Waals surface area contributed by atoms with Crippen LogP contribution in [0.25, 0.3) is 0 Å². The Hall–Kier alpha value is -2.14. The lowest BCUT2D eigenvalue weighted by atomic mass is 9.87. The van der Waals surface area contributed by atoms with E-state index in [0.717, 1.165) is 24.3 Å². The average Bonchev–Trinajstić information content (AvgIpc) is 2.46. The first-order valence-electron chi connectivity index (χ1n) is 5.80. The van der Waals surface area contributed by atoms with E-state index in [0.29, 0.717) is 11.8 Å². The number of aldehydes is 1. The van der Waals surface area contributed by atoms with E-state index in [1.807, 2.05) is 0 Å².